The smallest absolute Gasteiger partial charge is 0.251 e. The first kappa shape index (κ1) is 19.0. The van der Waals surface area contributed by atoms with E-state index in [1.165, 1.54) is 17.4 Å². The Morgan fingerprint density at radius 3 is 2.77 bits per heavy atom. The number of anilines is 1. The number of carbonyl (C=O) groups excluding carboxylic acids is 2. The Morgan fingerprint density at radius 2 is 2.08 bits per heavy atom. The maximum atomic E-state index is 12.3. The Kier molecular flexibility index (Phi) is 5.70. The number of carbonyl (C=O) groups is 2. The van der Waals surface area contributed by atoms with Gasteiger partial charge in [0.05, 0.1) is 15.6 Å². The number of hydrogen-bond donors (Lipinski definition) is 2. The van der Waals surface area contributed by atoms with E-state index in [0.29, 0.717) is 26.5 Å². The number of amides is 2. The second-order valence-corrected chi connectivity index (χ2v) is 8.34. The van der Waals surface area contributed by atoms with Crippen LogP contribution in [0.2, 0.25) is 10.0 Å². The molecule has 0 fully saturated rings. The van der Waals surface area contributed by atoms with E-state index in [0.717, 1.165) is 35.3 Å². The monoisotopic (exact) mass is 408 g/mol. The molecule has 26 heavy (non-hydrogen) atoms. The van der Waals surface area contributed by atoms with Crippen LogP contribution in [0.15, 0.2) is 24.3 Å². The number of primary amides is 1. The second-order valence-electron chi connectivity index (χ2n) is 6.42. The molecule has 1 aromatic carbocycles. The fourth-order valence-corrected chi connectivity index (χ4v) is 4.77. The number of nitrogens with two attached hydrogens (primary N) is 1. The number of rotatable bonds is 4. The average Bonchev–Trinajstić information content (AvgIpc) is 2.92. The molecule has 4 nitrogen and oxygen atoms in total. The lowest BCUT2D eigenvalue weighted by Gasteiger charge is -2.18. The fraction of sp³-hybridized carbons (Fsp3) is 0.263. The van der Waals surface area contributed by atoms with Crippen LogP contribution in [0, 0.1) is 5.92 Å². The first-order valence-corrected chi connectivity index (χ1v) is 9.81. The van der Waals surface area contributed by atoms with Crippen molar-refractivity contribution in [3.8, 4) is 0 Å². The summed E-state index contributed by atoms with van der Waals surface area (Å²) in [6.45, 7) is 2.19. The van der Waals surface area contributed by atoms with Crippen molar-refractivity contribution in [2.75, 3.05) is 5.32 Å². The average molecular weight is 409 g/mol. The molecular weight excluding hydrogens is 391 g/mol. The van der Waals surface area contributed by atoms with E-state index in [4.69, 9.17) is 28.9 Å². The number of halogens is 2. The van der Waals surface area contributed by atoms with Gasteiger partial charge in [0.1, 0.15) is 5.00 Å². The molecule has 2 amide bonds. The Balaban J connectivity index is 1.79. The first-order chi connectivity index (χ1) is 12.3. The van der Waals surface area contributed by atoms with Crippen LogP contribution >= 0.6 is 34.5 Å². The topological polar surface area (TPSA) is 72.2 Å². The molecule has 136 valence electrons. The highest BCUT2D eigenvalue weighted by Gasteiger charge is 2.26. The minimum atomic E-state index is -0.499. The number of fused-ring (bicyclic) bond motifs is 1. The molecule has 7 heteroatoms. The largest absolute Gasteiger partial charge is 0.365 e. The van der Waals surface area contributed by atoms with Gasteiger partial charge in [0.15, 0.2) is 0 Å². The molecular formula is C19H18Cl2N2O2S. The van der Waals surface area contributed by atoms with Gasteiger partial charge in [-0.1, -0.05) is 36.2 Å². The molecule has 2 aromatic rings. The molecule has 1 aliphatic rings. The summed E-state index contributed by atoms with van der Waals surface area (Å²) in [5, 5.41) is 4.20. The van der Waals surface area contributed by atoms with Crippen LogP contribution in [0.4, 0.5) is 5.00 Å². The predicted octanol–water partition coefficient (Wildman–Crippen LogP) is 4.93. The van der Waals surface area contributed by atoms with E-state index in [2.05, 4.69) is 12.2 Å². The van der Waals surface area contributed by atoms with Crippen molar-refractivity contribution in [2.45, 2.75) is 26.2 Å². The number of benzene rings is 1. The third kappa shape index (κ3) is 4.11. The number of hydrogen-bond acceptors (Lipinski definition) is 3. The summed E-state index contributed by atoms with van der Waals surface area (Å²) in [4.78, 5) is 25.3. The summed E-state index contributed by atoms with van der Waals surface area (Å²) in [5.74, 6) is -0.258. The van der Waals surface area contributed by atoms with Gasteiger partial charge < -0.3 is 11.1 Å². The van der Waals surface area contributed by atoms with Crippen LogP contribution in [-0.4, -0.2) is 11.8 Å². The van der Waals surface area contributed by atoms with Gasteiger partial charge in [0.2, 0.25) is 5.91 Å². The SMILES string of the molecule is C[C@H]1CCc2c(sc(NC(=O)/C=C/c3ccc(Cl)c(Cl)c3)c2C(N)=O)C1. The highest BCUT2D eigenvalue weighted by molar-refractivity contribution is 7.17. The van der Waals surface area contributed by atoms with E-state index in [1.807, 2.05) is 0 Å². The molecule has 1 aromatic heterocycles. The van der Waals surface area contributed by atoms with E-state index in [1.54, 1.807) is 24.3 Å². The van der Waals surface area contributed by atoms with Gasteiger partial charge in [-0.15, -0.1) is 11.3 Å². The van der Waals surface area contributed by atoms with E-state index < -0.39 is 5.91 Å². The fourth-order valence-electron chi connectivity index (χ4n) is 3.04. The normalized spacial score (nSPS) is 16.5. The Morgan fingerprint density at radius 1 is 1.31 bits per heavy atom. The van der Waals surface area contributed by atoms with Crippen molar-refractivity contribution in [1.82, 2.24) is 0 Å². The van der Waals surface area contributed by atoms with Gasteiger partial charge in [-0.3, -0.25) is 9.59 Å². The van der Waals surface area contributed by atoms with Crippen LogP contribution < -0.4 is 11.1 Å². The van der Waals surface area contributed by atoms with Crippen LogP contribution in [0.25, 0.3) is 6.08 Å². The predicted molar refractivity (Wildman–Crippen MR) is 108 cm³/mol. The molecule has 0 bridgehead atoms. The van der Waals surface area contributed by atoms with E-state index >= 15 is 0 Å². The van der Waals surface area contributed by atoms with E-state index in [9.17, 15) is 9.59 Å². The summed E-state index contributed by atoms with van der Waals surface area (Å²) in [7, 11) is 0. The van der Waals surface area contributed by atoms with Crippen molar-refractivity contribution < 1.29 is 9.59 Å². The molecule has 1 aliphatic carbocycles. The van der Waals surface area contributed by atoms with Crippen LogP contribution in [0.5, 0.6) is 0 Å². The summed E-state index contributed by atoms with van der Waals surface area (Å²) in [5.41, 5.74) is 7.76. The van der Waals surface area contributed by atoms with Gasteiger partial charge >= 0.3 is 0 Å². The molecule has 0 saturated carbocycles. The first-order valence-electron chi connectivity index (χ1n) is 8.23. The number of nitrogens with one attached hydrogen (secondary N) is 1. The van der Waals surface area contributed by atoms with Gasteiger partial charge in [-0.2, -0.15) is 0 Å². The van der Waals surface area contributed by atoms with Crippen LogP contribution in [-0.2, 0) is 17.6 Å². The molecule has 1 heterocycles. The van der Waals surface area contributed by atoms with Crippen LogP contribution in [0.1, 0.15) is 39.7 Å². The molecule has 1 atom stereocenters. The lowest BCUT2D eigenvalue weighted by molar-refractivity contribution is -0.111. The van der Waals surface area contributed by atoms with E-state index in [-0.39, 0.29) is 5.91 Å². The Hall–Kier alpha value is -1.82. The molecule has 0 radical (unpaired) electrons. The van der Waals surface area contributed by atoms with Crippen molar-refractivity contribution in [1.29, 1.82) is 0 Å². The summed E-state index contributed by atoms with van der Waals surface area (Å²) in [6, 6.07) is 5.10. The third-order valence-corrected chi connectivity index (χ3v) is 6.27. The highest BCUT2D eigenvalue weighted by Crippen LogP contribution is 2.39. The van der Waals surface area contributed by atoms with Gasteiger partial charge in [0, 0.05) is 11.0 Å². The lowest BCUT2D eigenvalue weighted by Crippen LogP contribution is -2.18. The molecule has 3 N–H and O–H groups in total. The quantitative estimate of drug-likeness (QED) is 0.703. The maximum absolute atomic E-state index is 12.3. The van der Waals surface area contributed by atoms with Crippen LogP contribution in [0.3, 0.4) is 0 Å². The Bertz CT molecular complexity index is 905. The minimum absolute atomic E-state index is 0.329. The zero-order chi connectivity index (χ0) is 18.8. The minimum Gasteiger partial charge on any atom is -0.365 e. The lowest BCUT2D eigenvalue weighted by atomic mass is 9.88. The van der Waals surface area contributed by atoms with Crippen molar-refractivity contribution in [2.24, 2.45) is 11.7 Å². The zero-order valence-corrected chi connectivity index (χ0v) is 16.5. The maximum Gasteiger partial charge on any atom is 0.251 e. The molecule has 0 aliphatic heterocycles. The molecule has 0 saturated heterocycles. The van der Waals surface area contributed by atoms with Crippen molar-refractivity contribution in [3.63, 3.8) is 0 Å². The second kappa shape index (κ2) is 7.82. The molecule has 0 spiro atoms. The zero-order valence-electron chi connectivity index (χ0n) is 14.1. The van der Waals surface area contributed by atoms with Crippen molar-refractivity contribution in [3.05, 3.63) is 55.9 Å². The standard InChI is InChI=1S/C19H18Cl2N2O2S/c1-10-2-5-12-15(8-10)26-19(17(12)18(22)25)23-16(24)7-4-11-3-6-13(20)14(21)9-11/h3-4,6-7,9-10H,2,5,8H2,1H3,(H2,22,25)(H,23,24)/b7-4+/t10-/m0/s1. The van der Waals surface area contributed by atoms with Crippen molar-refractivity contribution >= 4 is 57.4 Å². The van der Waals surface area contributed by atoms with Gasteiger partial charge in [0.25, 0.3) is 5.91 Å². The molecule has 3 rings (SSSR count). The van der Waals surface area contributed by atoms with Gasteiger partial charge in [-0.05, 0) is 54.5 Å². The molecule has 0 unspecified atom stereocenters. The summed E-state index contributed by atoms with van der Waals surface area (Å²) in [6.07, 6.45) is 5.78. The van der Waals surface area contributed by atoms with Gasteiger partial charge in [-0.25, -0.2) is 0 Å². The summed E-state index contributed by atoms with van der Waals surface area (Å²) < 4.78 is 0. The summed E-state index contributed by atoms with van der Waals surface area (Å²) >= 11 is 13.3. The Labute approximate surface area is 166 Å². The highest BCUT2D eigenvalue weighted by atomic mass is 35.5. The number of thiophene rings is 1. The third-order valence-electron chi connectivity index (χ3n) is 4.37.